The first kappa shape index (κ1) is 15.3. The number of ether oxygens (including phenoxy) is 2. The largest absolute Gasteiger partial charge is 0.496 e. The summed E-state index contributed by atoms with van der Waals surface area (Å²) in [7, 11) is 1.63. The lowest BCUT2D eigenvalue weighted by Crippen LogP contribution is -2.34. The van der Waals surface area contributed by atoms with E-state index in [1.165, 1.54) is 12.8 Å². The maximum absolute atomic E-state index is 10.3. The molecule has 2 N–H and O–H groups in total. The van der Waals surface area contributed by atoms with Crippen LogP contribution in [0.3, 0.4) is 0 Å². The van der Waals surface area contributed by atoms with Gasteiger partial charge in [0.05, 0.1) is 19.3 Å². The summed E-state index contributed by atoms with van der Waals surface area (Å²) < 4.78 is 11.0. The molecule has 112 valence electrons. The van der Waals surface area contributed by atoms with Gasteiger partial charge in [-0.05, 0) is 38.3 Å². The molecule has 1 heterocycles. The Morgan fingerprint density at radius 1 is 1.45 bits per heavy atom. The molecule has 4 nitrogen and oxygen atoms in total. The molecule has 1 aromatic carbocycles. The van der Waals surface area contributed by atoms with Crippen molar-refractivity contribution in [1.29, 1.82) is 0 Å². The summed E-state index contributed by atoms with van der Waals surface area (Å²) in [5.41, 5.74) is 1.96. The Kier molecular flexibility index (Phi) is 5.83. The van der Waals surface area contributed by atoms with E-state index in [0.29, 0.717) is 6.54 Å². The molecular formula is C16H25NO3. The van der Waals surface area contributed by atoms with Gasteiger partial charge in [-0.1, -0.05) is 11.6 Å². The van der Waals surface area contributed by atoms with Gasteiger partial charge in [0.25, 0.3) is 0 Å². The maximum Gasteiger partial charge on any atom is 0.124 e. The number of nitrogens with one attached hydrogen (secondary N) is 1. The Bertz CT molecular complexity index is 416. The van der Waals surface area contributed by atoms with Crippen LogP contribution >= 0.6 is 0 Å². The molecule has 1 aliphatic rings. The zero-order valence-electron chi connectivity index (χ0n) is 12.4. The number of hydrogen-bond acceptors (Lipinski definition) is 4. The van der Waals surface area contributed by atoms with E-state index in [9.17, 15) is 5.11 Å². The first-order valence-electron chi connectivity index (χ1n) is 7.35. The third-order valence-electron chi connectivity index (χ3n) is 3.73. The topological polar surface area (TPSA) is 50.7 Å². The second kappa shape index (κ2) is 7.62. The van der Waals surface area contributed by atoms with E-state index in [4.69, 9.17) is 9.47 Å². The van der Waals surface area contributed by atoms with Gasteiger partial charge < -0.3 is 19.9 Å². The second-order valence-corrected chi connectivity index (χ2v) is 5.41. The molecule has 2 rings (SSSR count). The molecule has 0 aromatic heterocycles. The second-order valence-electron chi connectivity index (χ2n) is 5.41. The summed E-state index contributed by atoms with van der Waals surface area (Å²) >= 11 is 0. The number of rotatable bonds is 6. The summed E-state index contributed by atoms with van der Waals surface area (Å²) in [6.07, 6.45) is 3.24. The lowest BCUT2D eigenvalue weighted by molar-refractivity contribution is 0.0152. The smallest absolute Gasteiger partial charge is 0.124 e. The van der Waals surface area contributed by atoms with Gasteiger partial charge in [0.15, 0.2) is 0 Å². The minimum absolute atomic E-state index is 0.287. The van der Waals surface area contributed by atoms with Crippen LogP contribution in [-0.4, -0.2) is 38.0 Å². The molecule has 1 aliphatic heterocycles. The van der Waals surface area contributed by atoms with Crippen molar-refractivity contribution in [1.82, 2.24) is 5.32 Å². The van der Waals surface area contributed by atoms with Gasteiger partial charge in [-0.15, -0.1) is 0 Å². The lowest BCUT2D eigenvalue weighted by atomic mass is 10.0. The molecule has 0 spiro atoms. The number of hydrogen-bond donors (Lipinski definition) is 2. The molecule has 0 bridgehead atoms. The van der Waals surface area contributed by atoms with Gasteiger partial charge in [-0.3, -0.25) is 0 Å². The van der Waals surface area contributed by atoms with Gasteiger partial charge in [0.2, 0.25) is 0 Å². The Hall–Kier alpha value is -1.10. The summed E-state index contributed by atoms with van der Waals surface area (Å²) in [6.45, 7) is 4.18. The molecule has 1 fully saturated rings. The van der Waals surface area contributed by atoms with Crippen molar-refractivity contribution in [2.45, 2.75) is 38.4 Å². The summed E-state index contributed by atoms with van der Waals surface area (Å²) in [5, 5.41) is 13.6. The fourth-order valence-corrected chi connectivity index (χ4v) is 2.57. The van der Waals surface area contributed by atoms with E-state index in [0.717, 1.165) is 36.4 Å². The predicted octanol–water partition coefficient (Wildman–Crippen LogP) is 2.20. The highest BCUT2D eigenvalue weighted by atomic mass is 16.5. The van der Waals surface area contributed by atoms with E-state index < -0.39 is 6.10 Å². The summed E-state index contributed by atoms with van der Waals surface area (Å²) in [6, 6.07) is 5.86. The Morgan fingerprint density at radius 3 is 3.00 bits per heavy atom. The van der Waals surface area contributed by atoms with Crippen molar-refractivity contribution in [2.24, 2.45) is 0 Å². The minimum Gasteiger partial charge on any atom is -0.496 e. The highest BCUT2D eigenvalue weighted by molar-refractivity contribution is 5.38. The Balaban J connectivity index is 1.84. The van der Waals surface area contributed by atoms with Crippen LogP contribution in [0.5, 0.6) is 5.75 Å². The fraction of sp³-hybridized carbons (Fsp3) is 0.625. The van der Waals surface area contributed by atoms with E-state index in [2.05, 4.69) is 5.32 Å². The molecule has 1 saturated heterocycles. The van der Waals surface area contributed by atoms with Crippen molar-refractivity contribution in [3.63, 3.8) is 0 Å². The van der Waals surface area contributed by atoms with Gasteiger partial charge in [0, 0.05) is 25.3 Å². The average molecular weight is 279 g/mol. The van der Waals surface area contributed by atoms with Crippen molar-refractivity contribution in [2.75, 3.05) is 26.8 Å². The van der Waals surface area contributed by atoms with E-state index in [-0.39, 0.29) is 6.10 Å². The number of aliphatic hydroxyl groups excluding tert-OH is 1. The zero-order valence-corrected chi connectivity index (χ0v) is 12.4. The SMILES string of the molecule is COc1ccc(C)cc1C(O)CNCC1CCCCO1. The highest BCUT2D eigenvalue weighted by Gasteiger charge is 2.16. The van der Waals surface area contributed by atoms with E-state index >= 15 is 0 Å². The van der Waals surface area contributed by atoms with Gasteiger partial charge in [-0.25, -0.2) is 0 Å². The van der Waals surface area contributed by atoms with Crippen LogP contribution in [0.4, 0.5) is 0 Å². The number of aliphatic hydroxyl groups is 1. The number of aryl methyl sites for hydroxylation is 1. The van der Waals surface area contributed by atoms with E-state index in [1.54, 1.807) is 7.11 Å². The third-order valence-corrected chi connectivity index (χ3v) is 3.73. The highest BCUT2D eigenvalue weighted by Crippen LogP contribution is 2.25. The summed E-state index contributed by atoms with van der Waals surface area (Å²) in [5.74, 6) is 0.735. The standard InChI is InChI=1S/C16H25NO3/c1-12-6-7-16(19-2)14(9-12)15(18)11-17-10-13-5-3-4-8-20-13/h6-7,9,13,15,17-18H,3-5,8,10-11H2,1-2H3. The molecule has 0 radical (unpaired) electrons. The van der Waals surface area contributed by atoms with Crippen molar-refractivity contribution in [3.8, 4) is 5.75 Å². The van der Waals surface area contributed by atoms with Crippen LogP contribution in [0, 0.1) is 6.92 Å². The fourth-order valence-electron chi connectivity index (χ4n) is 2.57. The normalized spacial score (nSPS) is 20.6. The molecule has 0 amide bonds. The molecule has 1 aromatic rings. The zero-order chi connectivity index (χ0) is 14.4. The Morgan fingerprint density at radius 2 is 2.30 bits per heavy atom. The van der Waals surface area contributed by atoms with Crippen LogP contribution in [0.1, 0.15) is 36.5 Å². The van der Waals surface area contributed by atoms with Crippen LogP contribution in [-0.2, 0) is 4.74 Å². The molecule has 0 saturated carbocycles. The molecule has 4 heteroatoms. The van der Waals surface area contributed by atoms with Crippen molar-refractivity contribution < 1.29 is 14.6 Å². The quantitative estimate of drug-likeness (QED) is 0.838. The minimum atomic E-state index is -0.562. The third kappa shape index (κ3) is 4.20. The molecule has 2 atom stereocenters. The average Bonchev–Trinajstić information content (AvgIpc) is 2.48. The van der Waals surface area contributed by atoms with Gasteiger partial charge in [-0.2, -0.15) is 0 Å². The molecule has 0 aliphatic carbocycles. The van der Waals surface area contributed by atoms with Crippen molar-refractivity contribution in [3.05, 3.63) is 29.3 Å². The predicted molar refractivity (Wildman–Crippen MR) is 79.2 cm³/mol. The van der Waals surface area contributed by atoms with Gasteiger partial charge in [0.1, 0.15) is 5.75 Å². The number of methoxy groups -OCH3 is 1. The monoisotopic (exact) mass is 279 g/mol. The van der Waals surface area contributed by atoms with Crippen LogP contribution in [0.25, 0.3) is 0 Å². The molecular weight excluding hydrogens is 254 g/mol. The van der Waals surface area contributed by atoms with Crippen LogP contribution in [0.2, 0.25) is 0 Å². The first-order valence-corrected chi connectivity index (χ1v) is 7.35. The molecule has 20 heavy (non-hydrogen) atoms. The lowest BCUT2D eigenvalue weighted by Gasteiger charge is -2.23. The van der Waals surface area contributed by atoms with Crippen LogP contribution < -0.4 is 10.1 Å². The Labute approximate surface area is 121 Å². The van der Waals surface area contributed by atoms with Crippen molar-refractivity contribution >= 4 is 0 Å². The summed E-state index contributed by atoms with van der Waals surface area (Å²) in [4.78, 5) is 0. The maximum atomic E-state index is 10.3. The first-order chi connectivity index (χ1) is 9.70. The molecule has 2 unspecified atom stereocenters. The van der Waals surface area contributed by atoms with Crippen LogP contribution in [0.15, 0.2) is 18.2 Å². The number of benzene rings is 1. The van der Waals surface area contributed by atoms with Gasteiger partial charge >= 0.3 is 0 Å². The van der Waals surface area contributed by atoms with E-state index in [1.807, 2.05) is 25.1 Å².